The van der Waals surface area contributed by atoms with Gasteiger partial charge in [0, 0.05) is 36.8 Å². The number of nitrogens with zero attached hydrogens (tertiary/aromatic N) is 3. The van der Waals surface area contributed by atoms with Crippen molar-refractivity contribution in [3.8, 4) is 0 Å². The van der Waals surface area contributed by atoms with Crippen LogP contribution in [0, 0.1) is 11.6 Å². The van der Waals surface area contributed by atoms with Crippen molar-refractivity contribution in [3.05, 3.63) is 64.7 Å². The van der Waals surface area contributed by atoms with E-state index in [1.807, 2.05) is 0 Å². The van der Waals surface area contributed by atoms with Gasteiger partial charge in [0.2, 0.25) is 0 Å². The van der Waals surface area contributed by atoms with Crippen molar-refractivity contribution in [1.82, 2.24) is 10.3 Å². The molecule has 0 radical (unpaired) electrons. The number of benzene rings is 2. The van der Waals surface area contributed by atoms with Crippen LogP contribution in [0.3, 0.4) is 0 Å². The van der Waals surface area contributed by atoms with E-state index in [-0.39, 0.29) is 29.5 Å². The van der Waals surface area contributed by atoms with Crippen LogP contribution in [-0.4, -0.2) is 47.3 Å². The van der Waals surface area contributed by atoms with Gasteiger partial charge in [-0.3, -0.25) is 10.2 Å². The molecule has 2 aromatic rings. The predicted molar refractivity (Wildman–Crippen MR) is 123 cm³/mol. The zero-order chi connectivity index (χ0) is 25.2. The number of hydrazone groups is 1. The maximum absolute atomic E-state index is 14.8. The molecule has 182 valence electrons. The number of halogens is 5. The fourth-order valence-corrected chi connectivity index (χ4v) is 4.09. The highest BCUT2D eigenvalue weighted by Crippen LogP contribution is 2.34. The molecule has 0 saturated carbocycles. The van der Waals surface area contributed by atoms with Gasteiger partial charge in [0.15, 0.2) is 5.11 Å². The lowest BCUT2D eigenvalue weighted by atomic mass is 10.0. The number of carbonyl (C=O) groups is 1. The van der Waals surface area contributed by atoms with Crippen molar-refractivity contribution in [2.75, 3.05) is 18.0 Å². The fourth-order valence-electron chi connectivity index (χ4n) is 4.03. The summed E-state index contributed by atoms with van der Waals surface area (Å²) in [5.74, 6) is -2.24. The fraction of sp³-hybridized carbons (Fsp3) is 0.318. The van der Waals surface area contributed by atoms with Crippen molar-refractivity contribution in [1.29, 1.82) is 0 Å². The number of rotatable bonds is 4. The minimum atomic E-state index is -4.68. The van der Waals surface area contributed by atoms with E-state index < -0.39 is 46.9 Å². The van der Waals surface area contributed by atoms with Gasteiger partial charge in [0.25, 0.3) is 5.91 Å². The zero-order valence-electron chi connectivity index (χ0n) is 18.2. The largest absolute Gasteiger partial charge is 0.417 e. The van der Waals surface area contributed by atoms with Crippen molar-refractivity contribution in [2.45, 2.75) is 32.1 Å². The molecule has 0 spiro atoms. The summed E-state index contributed by atoms with van der Waals surface area (Å²) in [5.41, 5.74) is 5.83. The van der Waals surface area contributed by atoms with Gasteiger partial charge in [0.05, 0.1) is 23.0 Å². The van der Waals surface area contributed by atoms with Crippen molar-refractivity contribution in [2.24, 2.45) is 10.8 Å². The van der Waals surface area contributed by atoms with E-state index in [0.29, 0.717) is 0 Å². The molecule has 0 aliphatic carbocycles. The second-order valence-corrected chi connectivity index (χ2v) is 8.36. The Morgan fingerprint density at radius 3 is 2.35 bits per heavy atom. The summed E-state index contributed by atoms with van der Waals surface area (Å²) in [7, 11) is 0. The van der Waals surface area contributed by atoms with E-state index in [2.05, 4.69) is 22.7 Å². The van der Waals surface area contributed by atoms with Crippen molar-refractivity contribution >= 4 is 35.1 Å². The Bertz CT molecular complexity index is 1110. The normalized spacial score (nSPS) is 18.9. The molecule has 0 bridgehead atoms. The average Bonchev–Trinajstić information content (AvgIpc) is 2.74. The molecule has 1 aliphatic rings. The molecule has 1 saturated heterocycles. The van der Waals surface area contributed by atoms with Crippen LogP contribution < -0.4 is 16.1 Å². The molecule has 1 fully saturated rings. The molecule has 3 N–H and O–H groups in total. The number of anilines is 1. The van der Waals surface area contributed by atoms with Gasteiger partial charge in [0.1, 0.15) is 11.6 Å². The monoisotopic (exact) mass is 499 g/mol. The number of hydrogen-bond acceptors (Lipinski definition) is 4. The molecule has 12 heteroatoms. The van der Waals surface area contributed by atoms with Crippen LogP contribution in [0.5, 0.6) is 0 Å². The summed E-state index contributed by atoms with van der Waals surface area (Å²) in [6, 6.07) is 5.41. The number of piperazine rings is 1. The number of thiocarbonyl (C=S) groups is 1. The van der Waals surface area contributed by atoms with Crippen LogP contribution in [0.1, 0.15) is 35.3 Å². The topological polar surface area (TPSA) is 74.0 Å². The molecular formula is C22H22F5N5OS. The number of nitrogens with one attached hydrogen (secondary N) is 1. The lowest BCUT2D eigenvalue weighted by Gasteiger charge is -2.45. The Morgan fingerprint density at radius 2 is 1.76 bits per heavy atom. The zero-order valence-corrected chi connectivity index (χ0v) is 19.1. The number of carbonyl (C=O) groups excluding carboxylic acids is 1. The van der Waals surface area contributed by atoms with Gasteiger partial charge in [-0.05, 0) is 44.3 Å². The molecule has 2 atom stereocenters. The second kappa shape index (κ2) is 9.92. The standard InChI is InChI=1S/C22H22F5N5OS/c1-12-10-31(19-8-17(23)14(7-18(19)24)9-29-30-21(28)34)11-13(2)32(12)20(33)15-5-3-4-6-16(15)22(25,26)27/h3-9,12-13H,10-11H2,1-2H3,(H3,28,30,34)/t12-,13+. The molecule has 1 heterocycles. The summed E-state index contributed by atoms with van der Waals surface area (Å²) in [6.07, 6.45) is -3.65. The maximum atomic E-state index is 14.8. The molecule has 2 aromatic carbocycles. The van der Waals surface area contributed by atoms with Crippen LogP contribution in [-0.2, 0) is 6.18 Å². The molecule has 1 aliphatic heterocycles. The van der Waals surface area contributed by atoms with Gasteiger partial charge < -0.3 is 15.5 Å². The lowest BCUT2D eigenvalue weighted by molar-refractivity contribution is -0.138. The minimum absolute atomic E-state index is 0.0292. The van der Waals surface area contributed by atoms with Crippen LogP contribution in [0.15, 0.2) is 41.5 Å². The third-order valence-electron chi connectivity index (χ3n) is 5.40. The van der Waals surface area contributed by atoms with Crippen LogP contribution in [0.2, 0.25) is 0 Å². The summed E-state index contributed by atoms with van der Waals surface area (Å²) < 4.78 is 69.6. The van der Waals surface area contributed by atoms with Crippen molar-refractivity contribution in [3.63, 3.8) is 0 Å². The molecule has 3 rings (SSSR count). The average molecular weight is 500 g/mol. The third kappa shape index (κ3) is 5.44. The second-order valence-electron chi connectivity index (χ2n) is 7.92. The highest BCUT2D eigenvalue weighted by molar-refractivity contribution is 7.80. The minimum Gasteiger partial charge on any atom is -0.375 e. The van der Waals surface area contributed by atoms with E-state index in [9.17, 15) is 26.7 Å². The molecule has 34 heavy (non-hydrogen) atoms. The molecule has 0 aromatic heterocycles. The number of alkyl halides is 3. The Balaban J connectivity index is 1.83. The summed E-state index contributed by atoms with van der Waals surface area (Å²) >= 11 is 4.58. The number of nitrogens with two attached hydrogens (primary N) is 1. The highest BCUT2D eigenvalue weighted by atomic mass is 32.1. The van der Waals surface area contributed by atoms with Gasteiger partial charge in [-0.25, -0.2) is 8.78 Å². The Hall–Kier alpha value is -3.28. The van der Waals surface area contributed by atoms with Gasteiger partial charge >= 0.3 is 6.18 Å². The summed E-state index contributed by atoms with van der Waals surface area (Å²) in [5, 5.41) is 3.47. The SMILES string of the molecule is C[C@@H]1CN(c2cc(F)c(C=NNC(N)=S)cc2F)C[C@H](C)N1C(=O)c1ccccc1C(F)(F)F. The van der Waals surface area contributed by atoms with Crippen LogP contribution in [0.25, 0.3) is 0 Å². The lowest BCUT2D eigenvalue weighted by Crippen LogP contribution is -2.59. The summed E-state index contributed by atoms with van der Waals surface area (Å²) in [6.45, 7) is 3.48. The Morgan fingerprint density at radius 1 is 1.15 bits per heavy atom. The first-order valence-corrected chi connectivity index (χ1v) is 10.6. The number of amides is 1. The Labute approximate surface area is 198 Å². The molecule has 6 nitrogen and oxygen atoms in total. The van der Waals surface area contributed by atoms with E-state index in [1.165, 1.54) is 17.0 Å². The first-order chi connectivity index (χ1) is 15.9. The quantitative estimate of drug-likeness (QED) is 0.289. The molecular weight excluding hydrogens is 477 g/mol. The van der Waals surface area contributed by atoms with Gasteiger partial charge in [-0.1, -0.05) is 12.1 Å². The first-order valence-electron chi connectivity index (χ1n) is 10.2. The number of hydrogen-bond donors (Lipinski definition) is 2. The van der Waals surface area contributed by atoms with Crippen molar-refractivity contribution < 1.29 is 26.7 Å². The van der Waals surface area contributed by atoms with E-state index in [1.54, 1.807) is 18.7 Å². The highest BCUT2D eigenvalue weighted by Gasteiger charge is 2.39. The van der Waals surface area contributed by atoms with E-state index in [0.717, 1.165) is 30.5 Å². The smallest absolute Gasteiger partial charge is 0.375 e. The predicted octanol–water partition coefficient (Wildman–Crippen LogP) is 3.89. The van der Waals surface area contributed by atoms with Gasteiger partial charge in [-0.2, -0.15) is 18.3 Å². The van der Waals surface area contributed by atoms with E-state index in [4.69, 9.17) is 5.73 Å². The van der Waals surface area contributed by atoms with E-state index >= 15 is 0 Å². The molecule has 1 amide bonds. The maximum Gasteiger partial charge on any atom is 0.417 e. The van der Waals surface area contributed by atoms with Gasteiger partial charge in [-0.15, -0.1) is 0 Å². The van der Waals surface area contributed by atoms with Crippen LogP contribution >= 0.6 is 12.2 Å². The Kier molecular flexibility index (Phi) is 7.39. The first kappa shape index (κ1) is 25.3. The molecule has 0 unspecified atom stereocenters. The van der Waals surface area contributed by atoms with Crippen LogP contribution in [0.4, 0.5) is 27.6 Å². The summed E-state index contributed by atoms with van der Waals surface area (Å²) in [4.78, 5) is 16.0. The third-order valence-corrected chi connectivity index (χ3v) is 5.49.